The minimum atomic E-state index is -0.107. The van der Waals surface area contributed by atoms with Crippen molar-refractivity contribution in [3.63, 3.8) is 0 Å². The molecule has 0 aliphatic heterocycles. The molecular weight excluding hydrogens is 717 g/mol. The van der Waals surface area contributed by atoms with E-state index in [0.717, 1.165) is 34.2 Å². The second-order valence-corrected chi connectivity index (χ2v) is 16.5. The highest BCUT2D eigenvalue weighted by Crippen LogP contribution is 2.49. The molecule has 1 atom stereocenters. The SMILES string of the molecule is CC1C=c2c(c3cc4c(cc3n2-c2cc(-c3ccc(-c5nc(-c6ccccc6)nc(-c6ccccc6)n5)cc3)ccc2-c2ccccc2)C(C)(C)c2ccccc2-4)=CC1. The van der Waals surface area contributed by atoms with Gasteiger partial charge in [0.2, 0.25) is 0 Å². The van der Waals surface area contributed by atoms with Crippen LogP contribution in [0.5, 0.6) is 0 Å². The molecule has 0 bridgehead atoms. The van der Waals surface area contributed by atoms with Crippen LogP contribution in [-0.4, -0.2) is 19.5 Å². The monoisotopic (exact) mass is 758 g/mol. The molecule has 1 unspecified atom stereocenters. The lowest BCUT2D eigenvalue weighted by molar-refractivity contribution is 0.661. The van der Waals surface area contributed by atoms with Gasteiger partial charge in [0.1, 0.15) is 0 Å². The first-order valence-electron chi connectivity index (χ1n) is 20.6. The van der Waals surface area contributed by atoms with Crippen molar-refractivity contribution in [1.29, 1.82) is 0 Å². The van der Waals surface area contributed by atoms with Crippen LogP contribution in [0.25, 0.3) is 96.3 Å². The van der Waals surface area contributed by atoms with E-state index in [-0.39, 0.29) is 5.41 Å². The summed E-state index contributed by atoms with van der Waals surface area (Å²) < 4.78 is 2.55. The smallest absolute Gasteiger partial charge is 0.164 e. The third kappa shape index (κ3) is 5.86. The molecule has 2 aromatic heterocycles. The quantitative estimate of drug-likeness (QED) is 0.170. The summed E-state index contributed by atoms with van der Waals surface area (Å²) in [5.41, 5.74) is 15.3. The molecule has 2 heterocycles. The normalized spacial score (nSPS) is 14.9. The topological polar surface area (TPSA) is 43.6 Å². The van der Waals surface area contributed by atoms with Crippen molar-refractivity contribution in [2.24, 2.45) is 5.92 Å². The molecule has 9 aromatic rings. The van der Waals surface area contributed by atoms with E-state index >= 15 is 0 Å². The van der Waals surface area contributed by atoms with E-state index < -0.39 is 0 Å². The third-order valence-electron chi connectivity index (χ3n) is 12.4. The molecule has 59 heavy (non-hydrogen) atoms. The van der Waals surface area contributed by atoms with Crippen LogP contribution in [0.3, 0.4) is 0 Å². The Kier molecular flexibility index (Phi) is 8.16. The van der Waals surface area contributed by atoms with Gasteiger partial charge in [0.05, 0.1) is 16.6 Å². The number of hydrogen-bond donors (Lipinski definition) is 0. The van der Waals surface area contributed by atoms with Crippen LogP contribution < -0.4 is 10.6 Å². The molecule has 2 aliphatic rings. The molecule has 11 rings (SSSR count). The first-order chi connectivity index (χ1) is 28.9. The lowest BCUT2D eigenvalue weighted by Crippen LogP contribution is -2.32. The zero-order chi connectivity index (χ0) is 39.7. The van der Waals surface area contributed by atoms with Crippen molar-refractivity contribution in [2.45, 2.75) is 32.6 Å². The summed E-state index contributed by atoms with van der Waals surface area (Å²) in [5.74, 6) is 2.39. The molecule has 0 spiro atoms. The Hall–Kier alpha value is -7.17. The highest BCUT2D eigenvalue weighted by atomic mass is 15.0. The second-order valence-electron chi connectivity index (χ2n) is 16.5. The lowest BCUT2D eigenvalue weighted by atomic mass is 9.82. The fourth-order valence-electron chi connectivity index (χ4n) is 9.31. The number of aromatic nitrogens is 4. The number of nitrogens with zero attached hydrogens (tertiary/aromatic N) is 4. The van der Waals surface area contributed by atoms with Gasteiger partial charge in [-0.15, -0.1) is 0 Å². The summed E-state index contributed by atoms with van der Waals surface area (Å²) in [6, 6.07) is 60.6. The Bertz CT molecular complexity index is 3140. The van der Waals surface area contributed by atoms with E-state index in [2.05, 4.69) is 147 Å². The number of fused-ring (bicyclic) bond motifs is 6. The van der Waals surface area contributed by atoms with Crippen LogP contribution in [0.15, 0.2) is 170 Å². The molecule has 282 valence electrons. The molecule has 0 fully saturated rings. The van der Waals surface area contributed by atoms with Gasteiger partial charge in [-0.25, -0.2) is 15.0 Å². The van der Waals surface area contributed by atoms with Crippen LogP contribution in [0.1, 0.15) is 38.3 Å². The van der Waals surface area contributed by atoms with Crippen LogP contribution >= 0.6 is 0 Å². The minimum absolute atomic E-state index is 0.107. The van der Waals surface area contributed by atoms with Crippen molar-refractivity contribution in [2.75, 3.05) is 0 Å². The van der Waals surface area contributed by atoms with E-state index in [1.54, 1.807) is 0 Å². The van der Waals surface area contributed by atoms with Crippen molar-refractivity contribution < 1.29 is 0 Å². The molecule has 0 N–H and O–H groups in total. The van der Waals surface area contributed by atoms with E-state index in [4.69, 9.17) is 15.0 Å². The summed E-state index contributed by atoms with van der Waals surface area (Å²) in [6.45, 7) is 7.08. The maximum Gasteiger partial charge on any atom is 0.164 e. The fourth-order valence-corrected chi connectivity index (χ4v) is 9.31. The number of benzene rings is 7. The summed E-state index contributed by atoms with van der Waals surface area (Å²) in [4.78, 5) is 14.9. The van der Waals surface area contributed by atoms with Gasteiger partial charge < -0.3 is 4.57 Å². The number of rotatable bonds is 6. The van der Waals surface area contributed by atoms with Gasteiger partial charge in [-0.3, -0.25) is 0 Å². The van der Waals surface area contributed by atoms with Gasteiger partial charge in [0, 0.05) is 38.3 Å². The van der Waals surface area contributed by atoms with Crippen molar-refractivity contribution in [3.8, 4) is 73.2 Å². The third-order valence-corrected chi connectivity index (χ3v) is 12.4. The van der Waals surface area contributed by atoms with Gasteiger partial charge in [0.25, 0.3) is 0 Å². The second kappa shape index (κ2) is 13.7. The van der Waals surface area contributed by atoms with E-state index in [0.29, 0.717) is 23.4 Å². The predicted molar refractivity (Wildman–Crippen MR) is 243 cm³/mol. The standard InChI is InChI=1S/C55H42N4/c1-35-23-29-44-46-33-45-43-21-13-14-22-47(43)55(2,3)48(45)34-51(46)59(49(44)31-35)50-32-41(28-30-42(50)37-15-7-4-8-16-37)36-24-26-40(27-25-36)54-57-52(38-17-9-5-10-18-38)56-53(58-54)39-19-11-6-12-20-39/h4-22,24-35H,23H2,1-3H3. The average molecular weight is 759 g/mol. The highest BCUT2D eigenvalue weighted by molar-refractivity contribution is 5.95. The molecule has 0 saturated heterocycles. The van der Waals surface area contributed by atoms with Crippen molar-refractivity contribution in [1.82, 2.24) is 19.5 Å². The van der Waals surface area contributed by atoms with E-state index in [9.17, 15) is 0 Å². The maximum absolute atomic E-state index is 4.99. The molecule has 4 nitrogen and oxygen atoms in total. The highest BCUT2D eigenvalue weighted by Gasteiger charge is 2.36. The molecule has 7 aromatic carbocycles. The molecule has 0 amide bonds. The maximum atomic E-state index is 4.99. The van der Waals surface area contributed by atoms with Gasteiger partial charge in [0.15, 0.2) is 17.5 Å². The molecule has 0 radical (unpaired) electrons. The Balaban J connectivity index is 1.08. The summed E-state index contributed by atoms with van der Waals surface area (Å²) in [6.07, 6.45) is 5.98. The van der Waals surface area contributed by atoms with Crippen LogP contribution in [-0.2, 0) is 5.41 Å². The Morgan fingerprint density at radius 3 is 1.68 bits per heavy atom. The van der Waals surface area contributed by atoms with Crippen LogP contribution in [0.2, 0.25) is 0 Å². The van der Waals surface area contributed by atoms with Gasteiger partial charge >= 0.3 is 0 Å². The minimum Gasteiger partial charge on any atom is -0.309 e. The molecule has 2 aliphatic carbocycles. The summed E-state index contributed by atoms with van der Waals surface area (Å²) in [5, 5.41) is 3.92. The Morgan fingerprint density at radius 2 is 1.03 bits per heavy atom. The Morgan fingerprint density at radius 1 is 0.492 bits per heavy atom. The number of hydrogen-bond acceptors (Lipinski definition) is 3. The van der Waals surface area contributed by atoms with Gasteiger partial charge in [-0.1, -0.05) is 185 Å². The summed E-state index contributed by atoms with van der Waals surface area (Å²) in [7, 11) is 0. The Labute approximate surface area is 344 Å². The van der Waals surface area contributed by atoms with E-state index in [1.807, 2.05) is 60.7 Å². The van der Waals surface area contributed by atoms with Gasteiger partial charge in [-0.2, -0.15) is 0 Å². The van der Waals surface area contributed by atoms with Gasteiger partial charge in [-0.05, 0) is 69.5 Å². The van der Waals surface area contributed by atoms with E-state index in [1.165, 1.54) is 60.5 Å². The van der Waals surface area contributed by atoms with Crippen LogP contribution in [0, 0.1) is 5.92 Å². The zero-order valence-corrected chi connectivity index (χ0v) is 33.4. The fraction of sp³-hybridized carbons (Fsp3) is 0.109. The lowest BCUT2D eigenvalue weighted by Gasteiger charge is -2.22. The van der Waals surface area contributed by atoms with Crippen molar-refractivity contribution >= 4 is 23.1 Å². The predicted octanol–water partition coefficient (Wildman–Crippen LogP) is 12.1. The van der Waals surface area contributed by atoms with Crippen molar-refractivity contribution in [3.05, 3.63) is 192 Å². The molecule has 0 saturated carbocycles. The first-order valence-corrected chi connectivity index (χ1v) is 20.6. The molecular formula is C55H42N4. The summed E-state index contributed by atoms with van der Waals surface area (Å²) >= 11 is 0. The first kappa shape index (κ1) is 35.0. The van der Waals surface area contributed by atoms with Crippen LogP contribution in [0.4, 0.5) is 0 Å². The zero-order valence-electron chi connectivity index (χ0n) is 33.4. The average Bonchev–Trinajstić information content (AvgIpc) is 3.72. The molecule has 4 heteroatoms. The largest absolute Gasteiger partial charge is 0.309 e.